The van der Waals surface area contributed by atoms with Gasteiger partial charge >= 0.3 is 0 Å². The number of hydrogen-bond donors (Lipinski definition) is 1. The zero-order valence-electron chi connectivity index (χ0n) is 26.6. The minimum absolute atomic E-state index is 0.0307. The number of rotatable bonds is 6. The van der Waals surface area contributed by atoms with Gasteiger partial charge in [-0.05, 0) is 56.0 Å². The predicted molar refractivity (Wildman–Crippen MR) is 181 cm³/mol. The van der Waals surface area contributed by atoms with Crippen LogP contribution in [0.1, 0.15) is 75.6 Å². The SMILES string of the molecule is Cc1sc2c(c1C)C(c1ccc(Cl)cc1)=N[C@@H](CC(=O)N1CCN(Cc3ccccc3C3CCC(=O)NC3=O)CC1)c1nnc(C)n1-2. The molecule has 1 unspecified atom stereocenters. The van der Waals surface area contributed by atoms with Crippen molar-refractivity contribution in [3.05, 3.63) is 97.9 Å². The van der Waals surface area contributed by atoms with E-state index in [4.69, 9.17) is 16.6 Å². The number of piperazine rings is 1. The smallest absolute Gasteiger partial charge is 0.234 e. The van der Waals surface area contributed by atoms with Crippen molar-refractivity contribution in [2.24, 2.45) is 4.99 Å². The summed E-state index contributed by atoms with van der Waals surface area (Å²) in [5, 5.41) is 13.1. The van der Waals surface area contributed by atoms with Crippen molar-refractivity contribution in [3.63, 3.8) is 0 Å². The summed E-state index contributed by atoms with van der Waals surface area (Å²) in [7, 11) is 0. The molecule has 0 spiro atoms. The molecule has 3 amide bonds. The molecular formula is C35H36ClN7O3S. The van der Waals surface area contributed by atoms with Crippen molar-refractivity contribution in [1.82, 2.24) is 29.9 Å². The molecule has 3 aliphatic heterocycles. The molecule has 0 radical (unpaired) electrons. The second-order valence-electron chi connectivity index (χ2n) is 12.5. The van der Waals surface area contributed by atoms with Gasteiger partial charge in [0.1, 0.15) is 16.9 Å². The number of aromatic nitrogens is 3. The highest BCUT2D eigenvalue weighted by Crippen LogP contribution is 2.40. The molecule has 2 fully saturated rings. The van der Waals surface area contributed by atoms with Gasteiger partial charge in [0.2, 0.25) is 17.7 Å². The Hall–Kier alpha value is -4.19. The van der Waals surface area contributed by atoms with Gasteiger partial charge in [0.05, 0.1) is 18.1 Å². The highest BCUT2D eigenvalue weighted by Gasteiger charge is 2.34. The van der Waals surface area contributed by atoms with Gasteiger partial charge in [0, 0.05) is 60.2 Å². The van der Waals surface area contributed by atoms with Crippen LogP contribution in [0.5, 0.6) is 0 Å². The lowest BCUT2D eigenvalue weighted by Crippen LogP contribution is -2.48. The number of amides is 3. The van der Waals surface area contributed by atoms with Crippen LogP contribution in [0.25, 0.3) is 5.00 Å². The summed E-state index contributed by atoms with van der Waals surface area (Å²) in [4.78, 5) is 48.9. The minimum Gasteiger partial charge on any atom is -0.340 e. The molecule has 3 aliphatic rings. The van der Waals surface area contributed by atoms with Gasteiger partial charge in [0.25, 0.3) is 0 Å². The summed E-state index contributed by atoms with van der Waals surface area (Å²) in [5.74, 6) is 0.702. The summed E-state index contributed by atoms with van der Waals surface area (Å²) < 4.78 is 2.07. The zero-order chi connectivity index (χ0) is 32.8. The van der Waals surface area contributed by atoms with Gasteiger partial charge in [-0.2, -0.15) is 0 Å². The maximum absolute atomic E-state index is 13.9. The molecule has 2 saturated heterocycles. The molecule has 7 rings (SSSR count). The number of halogens is 1. The van der Waals surface area contributed by atoms with Crippen molar-refractivity contribution in [2.75, 3.05) is 26.2 Å². The number of carbonyl (C=O) groups excluding carboxylic acids is 3. The molecular weight excluding hydrogens is 634 g/mol. The number of aliphatic imine (C=N–C) groups is 1. The molecule has 0 aliphatic carbocycles. The largest absolute Gasteiger partial charge is 0.340 e. The predicted octanol–water partition coefficient (Wildman–Crippen LogP) is 5.05. The highest BCUT2D eigenvalue weighted by atomic mass is 35.5. The first-order valence-electron chi connectivity index (χ1n) is 16.0. The number of nitrogens with one attached hydrogen (secondary N) is 1. The van der Waals surface area contributed by atoms with Gasteiger partial charge < -0.3 is 4.90 Å². The number of hydrogen-bond acceptors (Lipinski definition) is 8. The van der Waals surface area contributed by atoms with Crippen LogP contribution in [-0.2, 0) is 20.9 Å². The fourth-order valence-corrected chi connectivity index (χ4v) is 8.17. The number of carbonyl (C=O) groups is 3. The van der Waals surface area contributed by atoms with E-state index in [1.165, 1.54) is 4.88 Å². The second kappa shape index (κ2) is 12.8. The number of fused-ring (bicyclic) bond motifs is 3. The molecule has 2 atom stereocenters. The van der Waals surface area contributed by atoms with Crippen molar-refractivity contribution in [2.45, 2.75) is 58.5 Å². The summed E-state index contributed by atoms with van der Waals surface area (Å²) in [6, 6.07) is 15.2. The van der Waals surface area contributed by atoms with E-state index >= 15 is 0 Å². The van der Waals surface area contributed by atoms with Gasteiger partial charge in [-0.25, -0.2) is 0 Å². The number of piperidine rings is 1. The summed E-state index contributed by atoms with van der Waals surface area (Å²) in [6.45, 7) is 9.46. The second-order valence-corrected chi connectivity index (χ2v) is 14.1. The first-order valence-corrected chi connectivity index (χ1v) is 17.2. The average molecular weight is 670 g/mol. The Morgan fingerprint density at radius 1 is 1.00 bits per heavy atom. The van der Waals surface area contributed by atoms with Crippen molar-refractivity contribution in [3.8, 4) is 5.00 Å². The van der Waals surface area contributed by atoms with E-state index in [0.717, 1.165) is 44.4 Å². The number of benzene rings is 2. The standard InChI is InChI=1S/C35H36ClN7O3S/c1-20-21(2)47-35-31(20)32(23-8-10-25(36)11-9-23)37-28(33-40-39-22(3)43(33)35)18-30(45)42-16-14-41(15-17-42)19-24-6-4-5-7-26(24)27-12-13-29(44)38-34(27)46/h4-11,27-28H,12-19H2,1-3H3,(H,38,44,46)/t27?,28-/m0/s1. The number of imide groups is 1. The Kier molecular flexibility index (Phi) is 8.54. The van der Waals surface area contributed by atoms with Crippen LogP contribution >= 0.6 is 22.9 Å². The normalized spacial score (nSPS) is 19.9. The van der Waals surface area contributed by atoms with Crippen molar-refractivity contribution in [1.29, 1.82) is 0 Å². The van der Waals surface area contributed by atoms with E-state index in [1.807, 2.05) is 54.3 Å². The molecule has 0 bridgehead atoms. The molecule has 2 aromatic carbocycles. The average Bonchev–Trinajstić information content (AvgIpc) is 3.54. The lowest BCUT2D eigenvalue weighted by molar-refractivity contribution is -0.135. The van der Waals surface area contributed by atoms with Crippen molar-refractivity contribution >= 4 is 46.4 Å². The first-order chi connectivity index (χ1) is 22.7. The van der Waals surface area contributed by atoms with Crippen LogP contribution in [0.4, 0.5) is 0 Å². The Morgan fingerprint density at radius 2 is 1.74 bits per heavy atom. The monoisotopic (exact) mass is 669 g/mol. The minimum atomic E-state index is -0.507. The third-order valence-electron chi connectivity index (χ3n) is 9.51. The Balaban J connectivity index is 1.09. The van der Waals surface area contributed by atoms with Crippen LogP contribution in [0.2, 0.25) is 5.02 Å². The lowest BCUT2D eigenvalue weighted by atomic mass is 9.87. The molecule has 1 N–H and O–H groups in total. The van der Waals surface area contributed by atoms with E-state index in [2.05, 4.69) is 44.9 Å². The molecule has 4 aromatic rings. The Morgan fingerprint density at radius 3 is 2.49 bits per heavy atom. The summed E-state index contributed by atoms with van der Waals surface area (Å²) in [6.07, 6.45) is 1.05. The maximum Gasteiger partial charge on any atom is 0.234 e. The first kappa shape index (κ1) is 31.4. The summed E-state index contributed by atoms with van der Waals surface area (Å²) >= 11 is 7.94. The molecule has 2 aromatic heterocycles. The molecule has 10 nitrogen and oxygen atoms in total. The summed E-state index contributed by atoms with van der Waals surface area (Å²) in [5.41, 5.74) is 6.02. The quantitative estimate of drug-likeness (QED) is 0.288. The fraction of sp³-hybridized carbons (Fsp3) is 0.371. The van der Waals surface area contributed by atoms with Gasteiger partial charge in [0.15, 0.2) is 5.82 Å². The third-order valence-corrected chi connectivity index (χ3v) is 11.0. The third kappa shape index (κ3) is 6.03. The highest BCUT2D eigenvalue weighted by molar-refractivity contribution is 7.15. The van der Waals surface area contributed by atoms with Gasteiger partial charge in [-0.15, -0.1) is 21.5 Å². The fourth-order valence-electron chi connectivity index (χ4n) is 6.83. The van der Waals surface area contributed by atoms with E-state index in [0.29, 0.717) is 56.4 Å². The molecule has 5 heterocycles. The van der Waals surface area contributed by atoms with Crippen LogP contribution in [-0.4, -0.2) is 74.2 Å². The number of aryl methyl sites for hydroxylation is 2. The lowest BCUT2D eigenvalue weighted by Gasteiger charge is -2.36. The van der Waals surface area contributed by atoms with Gasteiger partial charge in [-0.1, -0.05) is 48.0 Å². The van der Waals surface area contributed by atoms with E-state index < -0.39 is 6.04 Å². The Bertz CT molecular complexity index is 1910. The molecule has 0 saturated carbocycles. The molecule has 12 heteroatoms. The molecule has 242 valence electrons. The van der Waals surface area contributed by atoms with E-state index in [1.54, 1.807) is 11.3 Å². The number of thiophene rings is 1. The molecule has 47 heavy (non-hydrogen) atoms. The van der Waals surface area contributed by atoms with Gasteiger partial charge in [-0.3, -0.25) is 34.2 Å². The topological polar surface area (TPSA) is 113 Å². The van der Waals surface area contributed by atoms with Crippen molar-refractivity contribution < 1.29 is 14.4 Å². The van der Waals surface area contributed by atoms with Crippen LogP contribution < -0.4 is 5.32 Å². The van der Waals surface area contributed by atoms with Crippen LogP contribution in [0.15, 0.2) is 53.5 Å². The maximum atomic E-state index is 13.9. The zero-order valence-corrected chi connectivity index (χ0v) is 28.2. The van der Waals surface area contributed by atoms with Crippen LogP contribution in [0.3, 0.4) is 0 Å². The number of nitrogens with zero attached hydrogens (tertiary/aromatic N) is 6. The Labute approximate surface area is 282 Å². The van der Waals surface area contributed by atoms with E-state index in [-0.39, 0.29) is 30.1 Å². The van der Waals surface area contributed by atoms with E-state index in [9.17, 15) is 14.4 Å². The van der Waals surface area contributed by atoms with Crippen LogP contribution in [0, 0.1) is 20.8 Å².